The van der Waals surface area contributed by atoms with Gasteiger partial charge in [0.2, 0.25) is 0 Å². The Morgan fingerprint density at radius 3 is 2.00 bits per heavy atom. The largest absolute Gasteiger partial charge is 4.00 e. The van der Waals surface area contributed by atoms with E-state index < -0.39 is 5.91 Å². The smallest absolute Gasteiger partial charge is 1.00 e. The topological polar surface area (TPSA) is 40.9 Å². The summed E-state index contributed by atoms with van der Waals surface area (Å²) in [6, 6.07) is 7.26. The van der Waals surface area contributed by atoms with E-state index in [1.165, 1.54) is 5.57 Å². The Morgan fingerprint density at radius 1 is 1.20 bits per heavy atom. The predicted octanol–water partition coefficient (Wildman–Crippen LogP) is -0.335. The van der Waals surface area contributed by atoms with Crippen molar-refractivity contribution in [1.29, 1.82) is 0 Å². The molecule has 0 atom stereocenters. The quantitative estimate of drug-likeness (QED) is 0.405. The molecule has 2 rings (SSSR count). The Hall–Kier alpha value is -0.150. The Morgan fingerprint density at radius 2 is 1.72 bits per heavy atom. The van der Waals surface area contributed by atoms with Crippen LogP contribution in [0.1, 0.15) is 50.0 Å². The maximum atomic E-state index is 10.8. The van der Waals surface area contributed by atoms with E-state index in [0.29, 0.717) is 5.56 Å². The third kappa shape index (κ3) is 15.8. The average molecular weight is 476 g/mol. The summed E-state index contributed by atoms with van der Waals surface area (Å²) in [4.78, 5) is 10.8. The van der Waals surface area contributed by atoms with Gasteiger partial charge in [-0.3, -0.25) is 6.08 Å². The number of benzene rings is 1. The van der Waals surface area contributed by atoms with E-state index in [2.05, 4.69) is 52.9 Å². The van der Waals surface area contributed by atoms with Gasteiger partial charge in [-0.1, -0.05) is 52.1 Å². The van der Waals surface area contributed by atoms with Crippen molar-refractivity contribution in [3.05, 3.63) is 64.9 Å². The number of hydrogen-bond acceptors (Lipinski definition) is 1. The van der Waals surface area contributed by atoms with Crippen LogP contribution in [0.15, 0.2) is 42.0 Å². The standard InChI is InChI=1S/C11H15NO.C6H7.C2H6Si.2ClH.Zr/c1-11(2,3)9-6-4-5-8(7-9)10(12)13;1-6-4-2-3-5-6;1-3-2;;;/h4-7H,1-3H3,(H2,12,13);4-5H,2H2,1H3;1-2H3;2*1H;/q;-1;;;;+4/p-3. The van der Waals surface area contributed by atoms with Crippen LogP contribution in [-0.4, -0.2) is 15.4 Å². The molecule has 2 radical (unpaired) electrons. The number of carbonyl (C=O) groups is 1. The predicted molar refractivity (Wildman–Crippen MR) is 97.5 cm³/mol. The van der Waals surface area contributed by atoms with E-state index >= 15 is 0 Å². The second kappa shape index (κ2) is 17.3. The first-order chi connectivity index (χ1) is 10.2. The van der Waals surface area contributed by atoms with E-state index in [0.717, 1.165) is 21.5 Å². The number of rotatable bonds is 1. The summed E-state index contributed by atoms with van der Waals surface area (Å²) < 4.78 is 0. The summed E-state index contributed by atoms with van der Waals surface area (Å²) in [7, 11) is 1.08. The van der Waals surface area contributed by atoms with Crippen molar-refractivity contribution in [2.75, 3.05) is 0 Å². The van der Waals surface area contributed by atoms with Gasteiger partial charge in [0, 0.05) is 9.52 Å². The number of nitrogens with one attached hydrogen (secondary N) is 1. The average Bonchev–Trinajstić information content (AvgIpc) is 2.91. The van der Waals surface area contributed by atoms with Gasteiger partial charge < -0.3 is 35.3 Å². The molecule has 0 aliphatic heterocycles. The van der Waals surface area contributed by atoms with Crippen molar-refractivity contribution in [2.24, 2.45) is 0 Å². The molecule has 1 aliphatic carbocycles. The van der Waals surface area contributed by atoms with Crippen LogP contribution in [-0.2, 0) is 31.6 Å². The molecule has 1 N–H and O–H groups in total. The van der Waals surface area contributed by atoms with Crippen LogP contribution in [0.5, 0.6) is 0 Å². The minimum Gasteiger partial charge on any atom is -1.00 e. The van der Waals surface area contributed by atoms with Gasteiger partial charge in [-0.05, 0) is 22.6 Å². The minimum atomic E-state index is -0.619. The fourth-order valence-corrected chi connectivity index (χ4v) is 1.63. The van der Waals surface area contributed by atoms with Crippen LogP contribution in [0.25, 0.3) is 5.73 Å². The first-order valence-corrected chi connectivity index (χ1v) is 9.40. The molecule has 0 aromatic heterocycles. The summed E-state index contributed by atoms with van der Waals surface area (Å²) in [5.41, 5.74) is 9.91. The Bertz CT molecular complexity index is 538. The monoisotopic (exact) mass is 473 g/mol. The van der Waals surface area contributed by atoms with Gasteiger partial charge >= 0.3 is 26.2 Å². The fraction of sp³-hybridized carbons (Fsp3) is 0.421. The minimum absolute atomic E-state index is 0. The SMILES string of the molecule is CC(C)(C)c1cccc(C([NH-])=O)c1.CC1=CC[C-]=C1.C[Si]C.[Cl-].[Cl-].[Zr+4]. The van der Waals surface area contributed by atoms with Gasteiger partial charge in [0.15, 0.2) is 0 Å². The molecule has 0 fully saturated rings. The van der Waals surface area contributed by atoms with Crippen LogP contribution < -0.4 is 24.8 Å². The van der Waals surface area contributed by atoms with E-state index in [4.69, 9.17) is 5.73 Å². The molecule has 0 bridgehead atoms. The summed E-state index contributed by atoms with van der Waals surface area (Å²) in [5.74, 6) is -0.619. The van der Waals surface area contributed by atoms with E-state index in [9.17, 15) is 4.79 Å². The molecular weight excluding hydrogens is 448 g/mol. The number of carbonyl (C=O) groups excluding carboxylic acids is 1. The Kier molecular flexibility index (Phi) is 22.5. The summed E-state index contributed by atoms with van der Waals surface area (Å²) >= 11 is 0. The van der Waals surface area contributed by atoms with E-state index in [1.807, 2.05) is 18.2 Å². The molecule has 6 heteroatoms. The molecule has 0 saturated carbocycles. The van der Waals surface area contributed by atoms with Gasteiger partial charge in [-0.2, -0.15) is 6.08 Å². The molecule has 136 valence electrons. The van der Waals surface area contributed by atoms with Crippen molar-refractivity contribution >= 4 is 15.4 Å². The Balaban J connectivity index is -0.000000156. The van der Waals surface area contributed by atoms with Crippen molar-refractivity contribution in [3.63, 3.8) is 0 Å². The molecule has 2 nitrogen and oxygen atoms in total. The summed E-state index contributed by atoms with van der Waals surface area (Å²) in [5, 5.41) is 0. The second-order valence-corrected chi connectivity index (χ2v) is 7.16. The van der Waals surface area contributed by atoms with Crippen molar-refractivity contribution in [1.82, 2.24) is 0 Å². The van der Waals surface area contributed by atoms with Crippen LogP contribution in [0, 0.1) is 6.08 Å². The maximum Gasteiger partial charge on any atom is 4.00 e. The van der Waals surface area contributed by atoms with Gasteiger partial charge in [0.1, 0.15) is 0 Å². The van der Waals surface area contributed by atoms with Gasteiger partial charge in [-0.25, -0.2) is 11.6 Å². The molecule has 0 unspecified atom stereocenters. The van der Waals surface area contributed by atoms with Gasteiger partial charge in [-0.15, -0.1) is 13.3 Å². The third-order valence-electron chi connectivity index (χ3n) is 2.86. The molecule has 0 spiro atoms. The van der Waals surface area contributed by atoms with Crippen LogP contribution in [0.4, 0.5) is 0 Å². The van der Waals surface area contributed by atoms with Crippen molar-refractivity contribution in [2.45, 2.75) is 52.6 Å². The third-order valence-corrected chi connectivity index (χ3v) is 2.86. The Labute approximate surface area is 187 Å². The summed E-state index contributed by atoms with van der Waals surface area (Å²) in [6.45, 7) is 12.6. The van der Waals surface area contributed by atoms with Crippen LogP contribution in [0.3, 0.4) is 0 Å². The fourth-order valence-electron chi connectivity index (χ4n) is 1.63. The van der Waals surface area contributed by atoms with Crippen LogP contribution >= 0.6 is 0 Å². The molecule has 1 amide bonds. The van der Waals surface area contributed by atoms with Crippen molar-refractivity contribution in [3.8, 4) is 0 Å². The second-order valence-electron chi connectivity index (χ2n) is 6.16. The molecule has 1 aromatic rings. The molecule has 0 saturated heterocycles. The zero-order valence-corrected chi connectivity index (χ0v) is 20.8. The number of halogens is 2. The first-order valence-electron chi connectivity index (χ1n) is 7.40. The molecular formula is C19H27Cl2NOSiZr. The van der Waals surface area contributed by atoms with Crippen molar-refractivity contribution < 1.29 is 55.8 Å². The maximum absolute atomic E-state index is 10.8. The van der Waals surface area contributed by atoms with Gasteiger partial charge in [0.25, 0.3) is 0 Å². The summed E-state index contributed by atoms with van der Waals surface area (Å²) in [6.07, 6.45) is 8.24. The normalized spacial score (nSPS) is 11.0. The zero-order chi connectivity index (χ0) is 17.2. The number of allylic oxidation sites excluding steroid dienone is 4. The van der Waals surface area contributed by atoms with Gasteiger partial charge in [0.05, 0.1) is 5.91 Å². The number of amides is 1. The zero-order valence-electron chi connectivity index (χ0n) is 15.8. The number of hydrogen-bond donors (Lipinski definition) is 0. The van der Waals surface area contributed by atoms with E-state index in [-0.39, 0.29) is 56.4 Å². The molecule has 0 heterocycles. The molecule has 25 heavy (non-hydrogen) atoms. The van der Waals surface area contributed by atoms with E-state index in [1.54, 1.807) is 12.1 Å². The molecule has 1 aromatic carbocycles. The molecule has 1 aliphatic rings. The van der Waals surface area contributed by atoms with Crippen LogP contribution in [0.2, 0.25) is 13.1 Å². The first kappa shape index (κ1) is 32.5.